The van der Waals surface area contributed by atoms with Crippen molar-refractivity contribution in [3.05, 3.63) is 0 Å². The van der Waals surface area contributed by atoms with Crippen molar-refractivity contribution in [2.24, 2.45) is 0 Å². The Morgan fingerprint density at radius 2 is 1.17 bits per heavy atom. The van der Waals surface area contributed by atoms with E-state index in [9.17, 15) is 9.59 Å². The predicted octanol–water partition coefficient (Wildman–Crippen LogP) is 0.0388. The Balaban J connectivity index is 2.81. The SMILES string of the molecule is O=CNCCCCCCNC=O. The lowest BCUT2D eigenvalue weighted by molar-refractivity contribution is -0.110. The van der Waals surface area contributed by atoms with Crippen LogP contribution in [0.3, 0.4) is 0 Å². The quantitative estimate of drug-likeness (QED) is 0.381. The molecule has 0 fully saturated rings. The summed E-state index contributed by atoms with van der Waals surface area (Å²) in [6.07, 6.45) is 5.66. The van der Waals surface area contributed by atoms with Crippen LogP contribution in [0.1, 0.15) is 25.7 Å². The Morgan fingerprint density at radius 1 is 0.750 bits per heavy atom. The van der Waals surface area contributed by atoms with Gasteiger partial charge in [0.1, 0.15) is 0 Å². The van der Waals surface area contributed by atoms with Gasteiger partial charge in [-0.2, -0.15) is 0 Å². The van der Waals surface area contributed by atoms with Crippen LogP contribution >= 0.6 is 0 Å². The van der Waals surface area contributed by atoms with Crippen molar-refractivity contribution in [3.63, 3.8) is 0 Å². The van der Waals surface area contributed by atoms with E-state index in [1.54, 1.807) is 0 Å². The molecule has 0 aliphatic rings. The van der Waals surface area contributed by atoms with Crippen LogP contribution in [0.4, 0.5) is 0 Å². The average Bonchev–Trinajstić information content (AvgIpc) is 2.10. The van der Waals surface area contributed by atoms with Crippen molar-refractivity contribution < 1.29 is 9.59 Å². The zero-order chi connectivity index (χ0) is 9.07. The highest BCUT2D eigenvalue weighted by Gasteiger charge is 1.88. The van der Waals surface area contributed by atoms with Crippen LogP contribution in [0.2, 0.25) is 0 Å². The number of nitrogens with one attached hydrogen (secondary N) is 2. The van der Waals surface area contributed by atoms with E-state index in [2.05, 4.69) is 10.6 Å². The number of hydrogen-bond donors (Lipinski definition) is 2. The van der Waals surface area contributed by atoms with Crippen molar-refractivity contribution in [2.45, 2.75) is 25.7 Å². The largest absolute Gasteiger partial charge is 0.359 e. The van der Waals surface area contributed by atoms with E-state index < -0.39 is 0 Å². The maximum absolute atomic E-state index is 9.82. The van der Waals surface area contributed by atoms with Gasteiger partial charge in [0, 0.05) is 13.1 Å². The molecule has 70 valence electrons. The predicted molar refractivity (Wildman–Crippen MR) is 46.6 cm³/mol. The third kappa shape index (κ3) is 8.94. The van der Waals surface area contributed by atoms with Gasteiger partial charge in [0.25, 0.3) is 0 Å². The number of carbonyl (C=O) groups is 2. The highest BCUT2D eigenvalue weighted by Crippen LogP contribution is 1.96. The number of amides is 2. The third-order valence-electron chi connectivity index (χ3n) is 1.56. The van der Waals surface area contributed by atoms with Crippen LogP contribution < -0.4 is 10.6 Å². The number of carbonyl (C=O) groups excluding carboxylic acids is 2. The van der Waals surface area contributed by atoms with Gasteiger partial charge in [0.15, 0.2) is 0 Å². The van der Waals surface area contributed by atoms with Crippen LogP contribution in [0.5, 0.6) is 0 Å². The summed E-state index contributed by atoms with van der Waals surface area (Å²) in [5.74, 6) is 0. The molecular weight excluding hydrogens is 156 g/mol. The van der Waals surface area contributed by atoms with Crippen LogP contribution in [0.25, 0.3) is 0 Å². The van der Waals surface area contributed by atoms with Crippen LogP contribution in [-0.4, -0.2) is 25.9 Å². The lowest BCUT2D eigenvalue weighted by atomic mass is 10.2. The van der Waals surface area contributed by atoms with E-state index in [1.165, 1.54) is 0 Å². The molecule has 0 rings (SSSR count). The molecule has 0 bridgehead atoms. The van der Waals surface area contributed by atoms with Crippen LogP contribution in [0.15, 0.2) is 0 Å². The zero-order valence-electron chi connectivity index (χ0n) is 7.21. The van der Waals surface area contributed by atoms with Gasteiger partial charge < -0.3 is 10.6 Å². The van der Waals surface area contributed by atoms with E-state index in [0.717, 1.165) is 38.8 Å². The van der Waals surface area contributed by atoms with Gasteiger partial charge in [-0.3, -0.25) is 9.59 Å². The first-order chi connectivity index (χ1) is 5.91. The Bertz CT molecular complexity index is 104. The molecule has 0 saturated carbocycles. The van der Waals surface area contributed by atoms with Crippen molar-refractivity contribution >= 4 is 12.8 Å². The van der Waals surface area contributed by atoms with E-state index in [1.807, 2.05) is 0 Å². The maximum atomic E-state index is 9.82. The van der Waals surface area contributed by atoms with Gasteiger partial charge in [-0.15, -0.1) is 0 Å². The summed E-state index contributed by atoms with van der Waals surface area (Å²) in [5, 5.41) is 5.20. The Kier molecular flexibility index (Phi) is 9.06. The monoisotopic (exact) mass is 172 g/mol. The topological polar surface area (TPSA) is 58.2 Å². The number of hydrogen-bond acceptors (Lipinski definition) is 2. The minimum atomic E-state index is 0.716. The van der Waals surface area contributed by atoms with Crippen LogP contribution in [-0.2, 0) is 9.59 Å². The molecule has 0 heterocycles. The lowest BCUT2D eigenvalue weighted by Crippen LogP contribution is -2.13. The summed E-state index contributed by atoms with van der Waals surface area (Å²) < 4.78 is 0. The van der Waals surface area contributed by atoms with Gasteiger partial charge >= 0.3 is 0 Å². The fraction of sp³-hybridized carbons (Fsp3) is 0.750. The van der Waals surface area contributed by atoms with Gasteiger partial charge in [-0.25, -0.2) is 0 Å². The van der Waals surface area contributed by atoms with Gasteiger partial charge in [0.05, 0.1) is 0 Å². The molecule has 0 unspecified atom stereocenters. The highest BCUT2D eigenvalue weighted by molar-refractivity contribution is 5.45. The molecule has 4 heteroatoms. The second-order valence-corrected chi connectivity index (χ2v) is 2.56. The molecule has 0 aromatic heterocycles. The summed E-state index contributed by atoms with van der Waals surface area (Å²) in [4.78, 5) is 19.6. The van der Waals surface area contributed by atoms with Crippen molar-refractivity contribution in [3.8, 4) is 0 Å². The van der Waals surface area contributed by atoms with Crippen molar-refractivity contribution in [1.82, 2.24) is 10.6 Å². The minimum Gasteiger partial charge on any atom is -0.359 e. The lowest BCUT2D eigenvalue weighted by Gasteiger charge is -1.99. The van der Waals surface area contributed by atoms with E-state index in [-0.39, 0.29) is 0 Å². The Hall–Kier alpha value is -1.06. The minimum absolute atomic E-state index is 0.716. The van der Waals surface area contributed by atoms with Crippen LogP contribution in [0, 0.1) is 0 Å². The molecule has 12 heavy (non-hydrogen) atoms. The van der Waals surface area contributed by atoms with E-state index in [0.29, 0.717) is 12.8 Å². The third-order valence-corrected chi connectivity index (χ3v) is 1.56. The smallest absolute Gasteiger partial charge is 0.207 e. The second kappa shape index (κ2) is 9.94. The number of unbranched alkanes of at least 4 members (excludes halogenated alkanes) is 3. The van der Waals surface area contributed by atoms with Crippen molar-refractivity contribution in [2.75, 3.05) is 13.1 Å². The molecular formula is C8H16N2O2. The van der Waals surface area contributed by atoms with Crippen molar-refractivity contribution in [1.29, 1.82) is 0 Å². The molecule has 0 atom stereocenters. The summed E-state index contributed by atoms with van der Waals surface area (Å²) in [6.45, 7) is 1.51. The van der Waals surface area contributed by atoms with Gasteiger partial charge in [-0.05, 0) is 12.8 Å². The second-order valence-electron chi connectivity index (χ2n) is 2.56. The number of rotatable bonds is 9. The van der Waals surface area contributed by atoms with Gasteiger partial charge in [-0.1, -0.05) is 12.8 Å². The highest BCUT2D eigenvalue weighted by atomic mass is 16.1. The maximum Gasteiger partial charge on any atom is 0.207 e. The average molecular weight is 172 g/mol. The first-order valence-corrected chi connectivity index (χ1v) is 4.26. The molecule has 0 aliphatic carbocycles. The first-order valence-electron chi connectivity index (χ1n) is 4.26. The molecule has 0 spiro atoms. The fourth-order valence-corrected chi connectivity index (χ4v) is 0.926. The summed E-state index contributed by atoms with van der Waals surface area (Å²) >= 11 is 0. The molecule has 0 saturated heterocycles. The molecule has 2 N–H and O–H groups in total. The molecule has 0 radical (unpaired) electrons. The Morgan fingerprint density at radius 3 is 1.50 bits per heavy atom. The molecule has 0 aliphatic heterocycles. The fourth-order valence-electron chi connectivity index (χ4n) is 0.926. The van der Waals surface area contributed by atoms with E-state index in [4.69, 9.17) is 0 Å². The van der Waals surface area contributed by atoms with E-state index >= 15 is 0 Å². The zero-order valence-corrected chi connectivity index (χ0v) is 7.21. The standard InChI is InChI=1S/C8H16N2O2/c11-7-9-5-3-1-2-4-6-10-8-12/h7-8H,1-6H2,(H,9,11)(H,10,12). The van der Waals surface area contributed by atoms with Gasteiger partial charge in [0.2, 0.25) is 12.8 Å². The first kappa shape index (κ1) is 10.9. The summed E-state index contributed by atoms with van der Waals surface area (Å²) in [7, 11) is 0. The molecule has 0 aromatic rings. The Labute approximate surface area is 72.7 Å². The molecule has 0 aromatic carbocycles. The summed E-state index contributed by atoms with van der Waals surface area (Å²) in [5.41, 5.74) is 0. The summed E-state index contributed by atoms with van der Waals surface area (Å²) in [6, 6.07) is 0. The molecule has 4 nitrogen and oxygen atoms in total. The normalized spacial score (nSPS) is 9.00. The molecule has 2 amide bonds.